The number of carbonyl (C=O) groups excluding carboxylic acids is 1. The number of nitrogens with zero attached hydrogens (tertiary/aromatic N) is 4. The molecule has 1 aliphatic heterocycles. The van der Waals surface area contributed by atoms with Crippen LogP contribution in [0.4, 0.5) is 5.13 Å². The number of carbonyl (C=O) groups is 1. The third-order valence-corrected chi connectivity index (χ3v) is 4.80. The first-order valence-electron chi connectivity index (χ1n) is 5.84. The molecule has 3 heterocycles. The van der Waals surface area contributed by atoms with E-state index >= 15 is 0 Å². The minimum absolute atomic E-state index is 0.118. The zero-order valence-electron chi connectivity index (χ0n) is 11.0. The number of likely N-dealkylation sites (N-methyl/N-ethyl adjacent to an activating group) is 1. The van der Waals surface area contributed by atoms with E-state index in [1.54, 1.807) is 25.3 Å². The molecule has 0 unspecified atom stereocenters. The number of aliphatic imine (C=N–C) groups is 1. The molecule has 3 rings (SSSR count). The van der Waals surface area contributed by atoms with Gasteiger partial charge in [-0.15, -0.1) is 10.2 Å². The van der Waals surface area contributed by atoms with Gasteiger partial charge in [-0.1, -0.05) is 11.3 Å². The first kappa shape index (κ1) is 14.5. The summed E-state index contributed by atoms with van der Waals surface area (Å²) in [6, 6.07) is 3.56. The Morgan fingerprint density at radius 2 is 2.24 bits per heavy atom. The van der Waals surface area contributed by atoms with E-state index in [9.17, 15) is 4.79 Å². The molecule has 6 nitrogen and oxygen atoms in total. The van der Waals surface area contributed by atoms with Crippen molar-refractivity contribution in [1.82, 2.24) is 15.1 Å². The molecule has 1 saturated heterocycles. The number of rotatable bonds is 2. The predicted octanol–water partition coefficient (Wildman–Crippen LogP) is 3.44. The number of aromatic nitrogens is 2. The zero-order valence-corrected chi connectivity index (χ0v) is 14.3. The average molecular weight is 385 g/mol. The maximum Gasteiger partial charge on any atom is 0.266 e. The van der Waals surface area contributed by atoms with E-state index in [-0.39, 0.29) is 5.91 Å². The molecule has 0 aromatic carbocycles. The number of amidine groups is 1. The molecular weight excluding hydrogens is 376 g/mol. The van der Waals surface area contributed by atoms with Crippen molar-refractivity contribution in [2.75, 3.05) is 7.05 Å². The molecule has 1 aliphatic rings. The second-order valence-corrected chi connectivity index (χ2v) is 7.07. The number of amides is 1. The van der Waals surface area contributed by atoms with Gasteiger partial charge in [0.2, 0.25) is 5.13 Å². The lowest BCUT2D eigenvalue weighted by Gasteiger charge is -2.05. The normalized spacial score (nSPS) is 19.2. The average Bonchev–Trinajstić information content (AvgIpc) is 3.09. The SMILES string of the molecule is Cc1nnc(/N=C2/S/C(=C/c3ccc(Br)o3)C(=O)N2C)s1. The third-order valence-electron chi connectivity index (χ3n) is 2.58. The van der Waals surface area contributed by atoms with Gasteiger partial charge in [0.1, 0.15) is 10.8 Å². The highest BCUT2D eigenvalue weighted by Gasteiger charge is 2.31. The predicted molar refractivity (Wildman–Crippen MR) is 86.5 cm³/mol. The van der Waals surface area contributed by atoms with Crippen LogP contribution in [0.2, 0.25) is 0 Å². The number of thioether (sulfide) groups is 1. The van der Waals surface area contributed by atoms with Crippen molar-refractivity contribution in [2.45, 2.75) is 6.92 Å². The van der Waals surface area contributed by atoms with Crippen LogP contribution < -0.4 is 0 Å². The minimum atomic E-state index is -0.118. The maximum absolute atomic E-state index is 12.2. The van der Waals surface area contributed by atoms with Gasteiger partial charge in [-0.25, -0.2) is 0 Å². The molecule has 0 N–H and O–H groups in total. The van der Waals surface area contributed by atoms with Gasteiger partial charge < -0.3 is 4.42 Å². The van der Waals surface area contributed by atoms with Crippen LogP contribution in [0.1, 0.15) is 10.8 Å². The van der Waals surface area contributed by atoms with Crippen LogP contribution in [0.15, 0.2) is 31.1 Å². The fourth-order valence-electron chi connectivity index (χ4n) is 1.60. The molecule has 21 heavy (non-hydrogen) atoms. The van der Waals surface area contributed by atoms with Crippen LogP contribution in [0.5, 0.6) is 0 Å². The van der Waals surface area contributed by atoms with Crippen molar-refractivity contribution in [3.05, 3.63) is 32.5 Å². The first-order chi connectivity index (χ1) is 10.0. The molecule has 0 spiro atoms. The fourth-order valence-corrected chi connectivity index (χ4v) is 3.48. The molecule has 1 amide bonds. The Bertz CT molecular complexity index is 765. The summed E-state index contributed by atoms with van der Waals surface area (Å²) in [6.07, 6.45) is 1.70. The summed E-state index contributed by atoms with van der Waals surface area (Å²) in [6.45, 7) is 1.86. The van der Waals surface area contributed by atoms with Gasteiger partial charge in [0, 0.05) is 13.1 Å². The standard InChI is InChI=1S/C12H9BrN4O2S2/c1-6-15-16-11(20-6)14-12-17(2)10(18)8(21-12)5-7-3-4-9(13)19-7/h3-5H,1-2H3/b8-5+,14-12+. The summed E-state index contributed by atoms with van der Waals surface area (Å²) in [4.78, 5) is 18.6. The zero-order chi connectivity index (χ0) is 15.0. The highest BCUT2D eigenvalue weighted by molar-refractivity contribution is 9.10. The van der Waals surface area contributed by atoms with Crippen molar-refractivity contribution in [3.8, 4) is 0 Å². The molecule has 108 valence electrons. The topological polar surface area (TPSA) is 71.6 Å². The van der Waals surface area contributed by atoms with Crippen molar-refractivity contribution < 1.29 is 9.21 Å². The van der Waals surface area contributed by atoms with Crippen LogP contribution in [0.3, 0.4) is 0 Å². The van der Waals surface area contributed by atoms with E-state index in [4.69, 9.17) is 4.42 Å². The minimum Gasteiger partial charge on any atom is -0.450 e. The summed E-state index contributed by atoms with van der Waals surface area (Å²) in [7, 11) is 1.68. The van der Waals surface area contributed by atoms with E-state index < -0.39 is 0 Å². The lowest BCUT2D eigenvalue weighted by molar-refractivity contribution is -0.121. The molecule has 2 aromatic heterocycles. The molecule has 0 saturated carbocycles. The summed E-state index contributed by atoms with van der Waals surface area (Å²) >= 11 is 5.90. The van der Waals surface area contributed by atoms with Crippen molar-refractivity contribution in [2.24, 2.45) is 4.99 Å². The Labute approximate surface area is 137 Å². The summed E-state index contributed by atoms with van der Waals surface area (Å²) in [5.74, 6) is 0.492. The number of furan rings is 1. The Balaban J connectivity index is 1.88. The summed E-state index contributed by atoms with van der Waals surface area (Å²) in [5, 5.41) is 9.79. The molecule has 0 aliphatic carbocycles. The number of hydrogen-bond donors (Lipinski definition) is 0. The van der Waals surface area contributed by atoms with Crippen LogP contribution in [-0.2, 0) is 4.79 Å². The molecule has 0 atom stereocenters. The number of halogens is 1. The highest BCUT2D eigenvalue weighted by Crippen LogP contribution is 2.34. The van der Waals surface area contributed by atoms with Crippen molar-refractivity contribution in [3.63, 3.8) is 0 Å². The first-order valence-corrected chi connectivity index (χ1v) is 8.27. The third kappa shape index (κ3) is 3.09. The number of hydrogen-bond acceptors (Lipinski definition) is 7. The van der Waals surface area contributed by atoms with Gasteiger partial charge >= 0.3 is 0 Å². The summed E-state index contributed by atoms with van der Waals surface area (Å²) < 4.78 is 6.00. The van der Waals surface area contributed by atoms with Gasteiger partial charge in [0.15, 0.2) is 9.84 Å². The van der Waals surface area contributed by atoms with Gasteiger partial charge in [-0.2, -0.15) is 4.99 Å². The lowest BCUT2D eigenvalue weighted by Crippen LogP contribution is -2.23. The fraction of sp³-hybridized carbons (Fsp3) is 0.167. The van der Waals surface area contributed by atoms with Crippen LogP contribution >= 0.6 is 39.0 Å². The smallest absolute Gasteiger partial charge is 0.266 e. The van der Waals surface area contributed by atoms with E-state index in [1.165, 1.54) is 28.0 Å². The highest BCUT2D eigenvalue weighted by atomic mass is 79.9. The Morgan fingerprint density at radius 3 is 2.86 bits per heavy atom. The Hall–Kier alpha value is -1.45. The van der Waals surface area contributed by atoms with E-state index in [1.807, 2.05) is 6.92 Å². The molecule has 9 heteroatoms. The van der Waals surface area contributed by atoms with Gasteiger partial charge in [0.25, 0.3) is 5.91 Å². The van der Waals surface area contributed by atoms with Crippen LogP contribution in [0.25, 0.3) is 6.08 Å². The van der Waals surface area contributed by atoms with Crippen molar-refractivity contribution in [1.29, 1.82) is 0 Å². The van der Waals surface area contributed by atoms with Crippen molar-refractivity contribution >= 4 is 61.3 Å². The maximum atomic E-state index is 12.2. The van der Waals surface area contributed by atoms with E-state index in [0.717, 1.165) is 5.01 Å². The Kier molecular flexibility index (Phi) is 3.96. The second kappa shape index (κ2) is 5.74. The molecule has 1 fully saturated rings. The monoisotopic (exact) mass is 384 g/mol. The van der Waals surface area contributed by atoms with Gasteiger partial charge in [-0.3, -0.25) is 9.69 Å². The molecular formula is C12H9BrN4O2S2. The van der Waals surface area contributed by atoms with Gasteiger partial charge in [0.05, 0.1) is 4.91 Å². The van der Waals surface area contributed by atoms with Crippen LogP contribution in [-0.4, -0.2) is 33.2 Å². The lowest BCUT2D eigenvalue weighted by atomic mass is 10.4. The largest absolute Gasteiger partial charge is 0.450 e. The van der Waals surface area contributed by atoms with Gasteiger partial charge in [-0.05, 0) is 46.7 Å². The van der Waals surface area contributed by atoms with Crippen LogP contribution in [0, 0.1) is 6.92 Å². The number of aryl methyl sites for hydroxylation is 1. The Morgan fingerprint density at radius 1 is 1.43 bits per heavy atom. The summed E-state index contributed by atoms with van der Waals surface area (Å²) in [5.41, 5.74) is 0. The quantitative estimate of drug-likeness (QED) is 0.741. The van der Waals surface area contributed by atoms with E-state index in [0.29, 0.717) is 25.6 Å². The van der Waals surface area contributed by atoms with E-state index in [2.05, 4.69) is 31.1 Å². The molecule has 2 aromatic rings. The molecule has 0 bridgehead atoms. The molecule has 0 radical (unpaired) electrons. The second-order valence-electron chi connectivity index (χ2n) is 4.11.